The molecule has 0 spiro atoms. The van der Waals surface area contributed by atoms with Crippen LogP contribution >= 0.6 is 0 Å². The fourth-order valence-corrected chi connectivity index (χ4v) is 8.58. The third kappa shape index (κ3) is 3.33. The lowest BCUT2D eigenvalue weighted by atomic mass is 9.46. The zero-order valence-corrected chi connectivity index (χ0v) is 19.2. The highest BCUT2D eigenvalue weighted by Gasteiger charge is 2.59. The second-order valence-corrected chi connectivity index (χ2v) is 12.0. The van der Waals surface area contributed by atoms with E-state index in [0.717, 1.165) is 48.3 Å². The molecule has 0 amide bonds. The van der Waals surface area contributed by atoms with Crippen LogP contribution in [-0.2, 0) is 4.79 Å². The second kappa shape index (κ2) is 7.59. The summed E-state index contributed by atoms with van der Waals surface area (Å²) in [4.78, 5) is 12.0. The Labute approximate surface area is 174 Å². The highest BCUT2D eigenvalue weighted by atomic mass is 16.1. The first-order chi connectivity index (χ1) is 13.3. The molecule has 0 saturated heterocycles. The molecule has 28 heavy (non-hydrogen) atoms. The number of ketones is 1. The lowest BCUT2D eigenvalue weighted by Crippen LogP contribution is -2.50. The van der Waals surface area contributed by atoms with Crippen molar-refractivity contribution in [2.45, 2.75) is 105 Å². The van der Waals surface area contributed by atoms with Crippen molar-refractivity contribution in [3.8, 4) is 0 Å². The highest BCUT2D eigenvalue weighted by Crippen LogP contribution is 2.67. The van der Waals surface area contributed by atoms with Crippen LogP contribution in [0.2, 0.25) is 0 Å². The minimum atomic E-state index is 0.332. The molecule has 3 saturated carbocycles. The molecule has 1 nitrogen and oxygen atoms in total. The van der Waals surface area contributed by atoms with Crippen molar-refractivity contribution < 1.29 is 4.79 Å². The molecule has 0 aromatic rings. The van der Waals surface area contributed by atoms with E-state index in [1.54, 1.807) is 0 Å². The van der Waals surface area contributed by atoms with E-state index in [1.165, 1.54) is 63.4 Å². The van der Waals surface area contributed by atoms with E-state index in [4.69, 9.17) is 0 Å². The van der Waals surface area contributed by atoms with Gasteiger partial charge >= 0.3 is 0 Å². The smallest absolute Gasteiger partial charge is 0.155 e. The number of hydrogen-bond donors (Lipinski definition) is 0. The Hall–Kier alpha value is -0.590. The zero-order valence-electron chi connectivity index (χ0n) is 19.2. The summed E-state index contributed by atoms with van der Waals surface area (Å²) in [5.41, 5.74) is 2.43. The molecule has 1 heteroatoms. The summed E-state index contributed by atoms with van der Waals surface area (Å²) in [6.07, 6.45) is 16.6. The van der Waals surface area contributed by atoms with Crippen LogP contribution in [0.15, 0.2) is 11.6 Å². The first-order valence-electron chi connectivity index (χ1n) is 12.5. The molecule has 4 aliphatic rings. The molecule has 4 unspecified atom stereocenters. The fraction of sp³-hybridized carbons (Fsp3) is 0.889. The van der Waals surface area contributed by atoms with Crippen molar-refractivity contribution in [1.82, 2.24) is 0 Å². The predicted molar refractivity (Wildman–Crippen MR) is 118 cm³/mol. The third-order valence-electron chi connectivity index (χ3n) is 10.2. The molecule has 0 aliphatic heterocycles. The highest BCUT2D eigenvalue weighted by molar-refractivity contribution is 5.91. The molecular formula is C27H44O. The van der Waals surface area contributed by atoms with Crippen LogP contribution in [0.1, 0.15) is 105 Å². The molecular weight excluding hydrogens is 340 g/mol. The topological polar surface area (TPSA) is 17.1 Å². The van der Waals surface area contributed by atoms with E-state index in [1.807, 2.05) is 0 Å². The van der Waals surface area contributed by atoms with Crippen molar-refractivity contribution in [1.29, 1.82) is 0 Å². The van der Waals surface area contributed by atoms with Crippen molar-refractivity contribution >= 4 is 5.78 Å². The lowest BCUT2D eigenvalue weighted by molar-refractivity contribution is -0.117. The number of fused-ring (bicyclic) bond motifs is 5. The first-order valence-corrected chi connectivity index (χ1v) is 12.5. The van der Waals surface area contributed by atoms with Gasteiger partial charge in [-0.25, -0.2) is 0 Å². The van der Waals surface area contributed by atoms with Gasteiger partial charge in [-0.1, -0.05) is 59.5 Å². The molecule has 158 valence electrons. The summed E-state index contributed by atoms with van der Waals surface area (Å²) in [5.74, 6) is 5.79. The molecule has 4 aliphatic carbocycles. The maximum absolute atomic E-state index is 12.0. The molecule has 0 radical (unpaired) electrons. The number of carbonyl (C=O) groups excluding carboxylic acids is 1. The van der Waals surface area contributed by atoms with Gasteiger partial charge in [0.25, 0.3) is 0 Å². The van der Waals surface area contributed by atoms with Crippen molar-refractivity contribution in [3.63, 3.8) is 0 Å². The van der Waals surface area contributed by atoms with Gasteiger partial charge in [0.05, 0.1) is 0 Å². The Kier molecular flexibility index (Phi) is 5.60. The zero-order chi connectivity index (χ0) is 20.1. The SMILES string of the molecule is CC(C)CCCC(C)C1CCC2[C@@H]3CCC4=CC(=O)CC[C@]4(C)C3CC[C@]12C. The maximum Gasteiger partial charge on any atom is 0.155 e. The van der Waals surface area contributed by atoms with Gasteiger partial charge in [-0.2, -0.15) is 0 Å². The van der Waals surface area contributed by atoms with Gasteiger partial charge in [-0.3, -0.25) is 4.79 Å². The largest absolute Gasteiger partial charge is 0.295 e. The van der Waals surface area contributed by atoms with E-state index < -0.39 is 0 Å². The standard InChI is InChI=1S/C27H44O/c1-18(2)7-6-8-19(3)23-11-12-24-22-10-9-20-17-21(28)13-15-26(20,4)25(22)14-16-27(23,24)5/h17-19,22-25H,6-16H2,1-5H3/t19?,22-,23?,24?,25?,26-,27+/m0/s1. The minimum absolute atomic E-state index is 0.332. The monoisotopic (exact) mass is 384 g/mol. The van der Waals surface area contributed by atoms with Crippen LogP contribution in [0.5, 0.6) is 0 Å². The van der Waals surface area contributed by atoms with E-state index in [0.29, 0.717) is 16.6 Å². The average Bonchev–Trinajstić information content (AvgIpc) is 2.99. The van der Waals surface area contributed by atoms with Gasteiger partial charge in [0.15, 0.2) is 5.78 Å². The second-order valence-electron chi connectivity index (χ2n) is 12.0. The van der Waals surface area contributed by atoms with E-state index in [2.05, 4.69) is 40.7 Å². The maximum atomic E-state index is 12.0. The minimum Gasteiger partial charge on any atom is -0.295 e. The summed E-state index contributed by atoms with van der Waals surface area (Å²) in [6.45, 7) is 12.5. The molecule has 0 aromatic carbocycles. The van der Waals surface area contributed by atoms with Crippen molar-refractivity contribution in [2.75, 3.05) is 0 Å². The van der Waals surface area contributed by atoms with Crippen LogP contribution < -0.4 is 0 Å². The van der Waals surface area contributed by atoms with Crippen molar-refractivity contribution in [3.05, 3.63) is 11.6 Å². The summed E-state index contributed by atoms with van der Waals surface area (Å²) in [6, 6.07) is 0. The van der Waals surface area contributed by atoms with Crippen LogP contribution in [0.3, 0.4) is 0 Å². The molecule has 0 bridgehead atoms. The Morgan fingerprint density at radius 2 is 1.75 bits per heavy atom. The molecule has 7 atom stereocenters. The summed E-state index contributed by atoms with van der Waals surface area (Å²) in [7, 11) is 0. The lowest BCUT2D eigenvalue weighted by Gasteiger charge is -2.58. The summed E-state index contributed by atoms with van der Waals surface area (Å²) < 4.78 is 0. The molecule has 0 aromatic heterocycles. The number of carbonyl (C=O) groups is 1. The molecule has 0 N–H and O–H groups in total. The van der Waals surface area contributed by atoms with Gasteiger partial charge in [-0.15, -0.1) is 0 Å². The Bertz CT molecular complexity index is 630. The third-order valence-corrected chi connectivity index (χ3v) is 10.2. The van der Waals surface area contributed by atoms with Gasteiger partial charge in [0, 0.05) is 6.42 Å². The van der Waals surface area contributed by atoms with Gasteiger partial charge in [-0.05, 0) is 97.4 Å². The van der Waals surface area contributed by atoms with Crippen LogP contribution in [0.25, 0.3) is 0 Å². The van der Waals surface area contributed by atoms with Gasteiger partial charge in [0.2, 0.25) is 0 Å². The van der Waals surface area contributed by atoms with Crippen LogP contribution in [0, 0.1) is 46.3 Å². The van der Waals surface area contributed by atoms with Gasteiger partial charge in [0.1, 0.15) is 0 Å². The van der Waals surface area contributed by atoms with Crippen molar-refractivity contribution in [2.24, 2.45) is 46.3 Å². The Morgan fingerprint density at radius 1 is 0.964 bits per heavy atom. The normalized spacial score (nSPS) is 43.9. The van der Waals surface area contributed by atoms with E-state index in [9.17, 15) is 4.79 Å². The van der Waals surface area contributed by atoms with Crippen LogP contribution in [-0.4, -0.2) is 5.78 Å². The molecule has 0 heterocycles. The Balaban J connectivity index is 1.49. The van der Waals surface area contributed by atoms with Crippen LogP contribution in [0.4, 0.5) is 0 Å². The first kappa shape index (κ1) is 20.7. The van der Waals surface area contributed by atoms with E-state index >= 15 is 0 Å². The fourth-order valence-electron chi connectivity index (χ4n) is 8.58. The van der Waals surface area contributed by atoms with Gasteiger partial charge < -0.3 is 0 Å². The number of allylic oxidation sites excluding steroid dienone is 1. The number of rotatable bonds is 5. The van der Waals surface area contributed by atoms with E-state index in [-0.39, 0.29) is 0 Å². The summed E-state index contributed by atoms with van der Waals surface area (Å²) >= 11 is 0. The summed E-state index contributed by atoms with van der Waals surface area (Å²) in [5, 5.41) is 0. The predicted octanol–water partition coefficient (Wildman–Crippen LogP) is 7.60. The molecule has 4 rings (SSSR count). The average molecular weight is 385 g/mol. The number of hydrogen-bond acceptors (Lipinski definition) is 1. The Morgan fingerprint density at radius 3 is 2.50 bits per heavy atom. The quantitative estimate of drug-likeness (QED) is 0.477. The molecule has 3 fully saturated rings.